The van der Waals surface area contributed by atoms with Gasteiger partial charge in [-0.05, 0) is 5.56 Å². The molecule has 3 nitrogen and oxygen atoms in total. The number of hydrogen-bond donors (Lipinski definition) is 1. The van der Waals surface area contributed by atoms with Gasteiger partial charge in [0.1, 0.15) is 0 Å². The van der Waals surface area contributed by atoms with Crippen molar-refractivity contribution in [2.45, 2.75) is 6.42 Å². The summed E-state index contributed by atoms with van der Waals surface area (Å²) < 4.78 is 0. The largest absolute Gasteiger partial charge is 0.286 e. The second-order valence-electron chi connectivity index (χ2n) is 2.93. The summed E-state index contributed by atoms with van der Waals surface area (Å²) in [6, 6.07) is 9.30. The maximum Gasteiger partial charge on any atom is 0.250 e. The monoisotopic (exact) mass is 191 g/mol. The maximum absolute atomic E-state index is 11.3. The molecular weight excluding hydrogens is 178 g/mol. The summed E-state index contributed by atoms with van der Waals surface area (Å²) in [5.74, 6) is -0.323. The summed E-state index contributed by atoms with van der Waals surface area (Å²) >= 11 is 0. The van der Waals surface area contributed by atoms with Crippen LogP contribution in [0.25, 0.3) is 0 Å². The van der Waals surface area contributed by atoms with E-state index >= 15 is 0 Å². The van der Waals surface area contributed by atoms with Crippen LogP contribution in [0, 0.1) is 0 Å². The number of amides is 1. The first kappa shape index (κ1) is 10.5. The molecule has 0 spiro atoms. The van der Waals surface area contributed by atoms with Crippen LogP contribution in [0.4, 0.5) is 0 Å². The zero-order valence-corrected chi connectivity index (χ0v) is 7.89. The fraction of sp³-hybridized carbons (Fsp3) is 0.182. The smallest absolute Gasteiger partial charge is 0.250 e. The summed E-state index contributed by atoms with van der Waals surface area (Å²) in [7, 11) is 0. The molecule has 74 valence electrons. The average molecular weight is 191 g/mol. The van der Waals surface area contributed by atoms with Crippen LogP contribution in [0.1, 0.15) is 5.56 Å². The molecule has 0 aliphatic rings. The van der Waals surface area contributed by atoms with E-state index in [0.29, 0.717) is 5.06 Å². The molecule has 0 fully saturated rings. The lowest BCUT2D eigenvalue weighted by Crippen LogP contribution is -2.28. The molecule has 0 saturated heterocycles. The van der Waals surface area contributed by atoms with E-state index in [1.165, 1.54) is 6.08 Å². The molecule has 0 saturated carbocycles. The van der Waals surface area contributed by atoms with Crippen molar-refractivity contribution in [2.75, 3.05) is 6.54 Å². The van der Waals surface area contributed by atoms with E-state index in [4.69, 9.17) is 0 Å². The third-order valence-corrected chi connectivity index (χ3v) is 1.79. The van der Waals surface area contributed by atoms with Crippen molar-refractivity contribution in [3.8, 4) is 0 Å². The van der Waals surface area contributed by atoms with E-state index in [1.807, 2.05) is 30.3 Å². The lowest BCUT2D eigenvalue weighted by atomic mass is 10.1. The highest BCUT2D eigenvalue weighted by atomic mass is 16.5. The third-order valence-electron chi connectivity index (χ3n) is 1.79. The second kappa shape index (κ2) is 5.19. The van der Waals surface area contributed by atoms with E-state index in [1.54, 1.807) is 0 Å². The number of nitrogens with zero attached hydrogens (tertiary/aromatic N) is 1. The van der Waals surface area contributed by atoms with Crippen molar-refractivity contribution in [3.05, 3.63) is 48.6 Å². The molecule has 1 aromatic rings. The van der Waals surface area contributed by atoms with Gasteiger partial charge in [-0.1, -0.05) is 36.4 Å². The predicted octanol–water partition coefficient (Wildman–Crippen LogP) is 1.63. The molecule has 1 amide bonds. The van der Waals surface area contributed by atoms with Crippen LogP contribution >= 0.6 is 0 Å². The number of rotatable bonds is 4. The van der Waals surface area contributed by atoms with E-state index in [2.05, 4.69) is 6.58 Å². The third kappa shape index (κ3) is 3.03. The highest BCUT2D eigenvalue weighted by molar-refractivity contribution is 5.77. The van der Waals surface area contributed by atoms with Crippen molar-refractivity contribution in [1.29, 1.82) is 0 Å². The summed E-state index contributed by atoms with van der Waals surface area (Å²) in [5, 5.41) is 9.86. The first-order valence-electron chi connectivity index (χ1n) is 4.38. The minimum Gasteiger partial charge on any atom is -0.286 e. The lowest BCUT2D eigenvalue weighted by molar-refractivity contribution is -0.162. The molecule has 0 unspecified atom stereocenters. The van der Waals surface area contributed by atoms with Crippen LogP contribution in [-0.4, -0.2) is 22.7 Å². The van der Waals surface area contributed by atoms with Gasteiger partial charge in [0.15, 0.2) is 0 Å². The van der Waals surface area contributed by atoms with Gasteiger partial charge < -0.3 is 0 Å². The summed E-state index contributed by atoms with van der Waals surface area (Å²) in [6.07, 6.45) is 1.69. The number of benzene rings is 1. The Bertz CT molecular complexity index is 308. The molecule has 1 aromatic carbocycles. The van der Waals surface area contributed by atoms with Gasteiger partial charge in [-0.25, -0.2) is 5.06 Å². The Morgan fingerprint density at radius 1 is 1.43 bits per heavy atom. The van der Waals surface area contributed by atoms with Crippen molar-refractivity contribution < 1.29 is 10.0 Å². The zero-order chi connectivity index (χ0) is 10.4. The molecule has 0 heterocycles. The highest BCUT2D eigenvalue weighted by Gasteiger charge is 2.08. The Balaban J connectivity index is 2.53. The van der Waals surface area contributed by atoms with Crippen molar-refractivity contribution in [1.82, 2.24) is 5.06 Å². The molecule has 0 aliphatic carbocycles. The molecule has 3 heteroatoms. The molecule has 0 aromatic heterocycles. The van der Waals surface area contributed by atoms with Crippen molar-refractivity contribution in [2.24, 2.45) is 0 Å². The summed E-state index contributed by atoms with van der Waals surface area (Å²) in [4.78, 5) is 11.3. The number of hydrogen-bond acceptors (Lipinski definition) is 2. The van der Waals surface area contributed by atoms with Crippen LogP contribution in [0.5, 0.6) is 0 Å². The van der Waals surface area contributed by atoms with Gasteiger partial charge in [-0.2, -0.15) is 0 Å². The van der Waals surface area contributed by atoms with Crippen molar-refractivity contribution in [3.63, 3.8) is 0 Å². The molecule has 0 aliphatic heterocycles. The fourth-order valence-corrected chi connectivity index (χ4v) is 1.09. The topological polar surface area (TPSA) is 40.5 Å². The van der Waals surface area contributed by atoms with Crippen LogP contribution < -0.4 is 0 Å². The molecule has 0 radical (unpaired) electrons. The van der Waals surface area contributed by atoms with E-state index in [-0.39, 0.29) is 18.9 Å². The lowest BCUT2D eigenvalue weighted by Gasteiger charge is -2.12. The Kier molecular flexibility index (Phi) is 3.88. The number of hydroxylamine groups is 2. The van der Waals surface area contributed by atoms with Gasteiger partial charge in [-0.3, -0.25) is 10.0 Å². The quantitative estimate of drug-likeness (QED) is 0.446. The van der Waals surface area contributed by atoms with Crippen LogP contribution in [0.15, 0.2) is 43.0 Å². The second-order valence-corrected chi connectivity index (χ2v) is 2.93. The van der Waals surface area contributed by atoms with Crippen LogP contribution in [-0.2, 0) is 11.2 Å². The average Bonchev–Trinajstić information content (AvgIpc) is 2.19. The Morgan fingerprint density at radius 3 is 2.64 bits per heavy atom. The zero-order valence-electron chi connectivity index (χ0n) is 7.89. The van der Waals surface area contributed by atoms with E-state index in [0.717, 1.165) is 5.56 Å². The van der Waals surface area contributed by atoms with Gasteiger partial charge in [0.05, 0.1) is 13.0 Å². The van der Waals surface area contributed by atoms with E-state index in [9.17, 15) is 10.0 Å². The highest BCUT2D eigenvalue weighted by Crippen LogP contribution is 2.01. The Morgan fingerprint density at radius 2 is 2.07 bits per heavy atom. The van der Waals surface area contributed by atoms with Gasteiger partial charge in [0.2, 0.25) is 0 Å². The molecule has 0 bridgehead atoms. The summed E-state index contributed by atoms with van der Waals surface area (Å²) in [5.41, 5.74) is 0.889. The van der Waals surface area contributed by atoms with Crippen LogP contribution in [0.2, 0.25) is 0 Å². The van der Waals surface area contributed by atoms with Gasteiger partial charge >= 0.3 is 0 Å². The SMILES string of the molecule is C=CCN(O)C(=O)Cc1ccccc1. The summed E-state index contributed by atoms with van der Waals surface area (Å²) in [6.45, 7) is 3.59. The number of carbonyl (C=O) groups excluding carboxylic acids is 1. The molecule has 14 heavy (non-hydrogen) atoms. The van der Waals surface area contributed by atoms with Crippen LogP contribution in [0.3, 0.4) is 0 Å². The molecule has 1 rings (SSSR count). The first-order valence-corrected chi connectivity index (χ1v) is 4.38. The molecule has 0 atom stereocenters. The normalized spacial score (nSPS) is 9.50. The van der Waals surface area contributed by atoms with Gasteiger partial charge in [0.25, 0.3) is 5.91 Å². The first-order chi connectivity index (χ1) is 6.74. The standard InChI is InChI=1S/C11H13NO2/c1-2-8-12(14)11(13)9-10-6-4-3-5-7-10/h2-7,14H,1,8-9H2. The molecule has 1 N–H and O–H groups in total. The fourth-order valence-electron chi connectivity index (χ4n) is 1.09. The Hall–Kier alpha value is -1.61. The predicted molar refractivity (Wildman–Crippen MR) is 53.8 cm³/mol. The maximum atomic E-state index is 11.3. The van der Waals surface area contributed by atoms with Gasteiger partial charge in [0, 0.05) is 0 Å². The minimum atomic E-state index is -0.323. The molecular formula is C11H13NO2. The Labute approximate surface area is 83.2 Å². The minimum absolute atomic E-state index is 0.158. The van der Waals surface area contributed by atoms with Crippen molar-refractivity contribution >= 4 is 5.91 Å². The van der Waals surface area contributed by atoms with Gasteiger partial charge in [-0.15, -0.1) is 6.58 Å². The van der Waals surface area contributed by atoms with E-state index < -0.39 is 0 Å². The number of carbonyl (C=O) groups is 1.